The van der Waals surface area contributed by atoms with Crippen LogP contribution in [0.15, 0.2) is 30.3 Å². The lowest BCUT2D eigenvalue weighted by Gasteiger charge is -2.10. The van der Waals surface area contributed by atoms with E-state index in [2.05, 4.69) is 10.1 Å². The summed E-state index contributed by atoms with van der Waals surface area (Å²) in [6, 6.07) is 6.66. The van der Waals surface area contributed by atoms with Gasteiger partial charge in [-0.3, -0.25) is 10.1 Å². The summed E-state index contributed by atoms with van der Waals surface area (Å²) in [5, 5.41) is 13.5. The lowest BCUT2D eigenvalue weighted by Crippen LogP contribution is -2.08. The van der Waals surface area contributed by atoms with Crippen LogP contribution in [-0.2, 0) is 11.3 Å². The summed E-state index contributed by atoms with van der Waals surface area (Å²) in [4.78, 5) is 22.4. The molecule has 1 N–H and O–H groups in total. The van der Waals surface area contributed by atoms with Crippen molar-refractivity contribution in [3.05, 3.63) is 56.7 Å². The number of methoxy groups -OCH3 is 1. The fraction of sp³-hybridized carbons (Fsp3) is 0.154. The number of hydrogen-bond donors (Lipinski definition) is 1. The van der Waals surface area contributed by atoms with Crippen LogP contribution < -0.4 is 5.32 Å². The number of rotatable bonds is 5. The fourth-order valence-electron chi connectivity index (χ4n) is 1.69. The van der Waals surface area contributed by atoms with Crippen molar-refractivity contribution in [3.8, 4) is 0 Å². The first kappa shape index (κ1) is 14.9. The highest BCUT2D eigenvalue weighted by atomic mass is 32.1. The molecule has 0 bridgehead atoms. The van der Waals surface area contributed by atoms with Crippen LogP contribution in [-0.4, -0.2) is 18.0 Å². The summed E-state index contributed by atoms with van der Waals surface area (Å²) in [6.45, 7) is 0.242. The van der Waals surface area contributed by atoms with Gasteiger partial charge in [-0.1, -0.05) is 11.3 Å². The van der Waals surface area contributed by atoms with E-state index in [1.807, 2.05) is 0 Å². The van der Waals surface area contributed by atoms with E-state index in [4.69, 9.17) is 0 Å². The zero-order valence-electron chi connectivity index (χ0n) is 11.0. The van der Waals surface area contributed by atoms with Crippen LogP contribution in [0.1, 0.15) is 15.2 Å². The molecule has 1 heterocycles. The number of thiophene rings is 1. The van der Waals surface area contributed by atoms with Crippen molar-refractivity contribution in [3.63, 3.8) is 0 Å². The van der Waals surface area contributed by atoms with Gasteiger partial charge in [-0.15, -0.1) is 0 Å². The minimum absolute atomic E-state index is 0.0271. The molecule has 0 amide bonds. The normalized spacial score (nSPS) is 10.2. The molecule has 2 rings (SSSR count). The smallest absolute Gasteiger partial charge is 0.339 e. The maximum Gasteiger partial charge on any atom is 0.339 e. The number of benzene rings is 1. The Bertz CT molecular complexity index is 687. The van der Waals surface area contributed by atoms with Gasteiger partial charge in [-0.05, 0) is 24.3 Å². The lowest BCUT2D eigenvalue weighted by atomic mass is 10.1. The zero-order valence-corrected chi connectivity index (χ0v) is 11.8. The Morgan fingerprint density at radius 2 is 2.19 bits per heavy atom. The van der Waals surface area contributed by atoms with Gasteiger partial charge in [0.25, 0.3) is 0 Å². The fourth-order valence-corrected chi connectivity index (χ4v) is 2.45. The summed E-state index contributed by atoms with van der Waals surface area (Å²) in [6.07, 6.45) is 0. The Morgan fingerprint density at radius 1 is 1.43 bits per heavy atom. The van der Waals surface area contributed by atoms with Gasteiger partial charge < -0.3 is 10.1 Å². The van der Waals surface area contributed by atoms with Crippen molar-refractivity contribution in [2.75, 3.05) is 12.4 Å². The average molecular weight is 310 g/mol. The molecule has 0 aliphatic rings. The Morgan fingerprint density at radius 3 is 2.81 bits per heavy atom. The van der Waals surface area contributed by atoms with Crippen LogP contribution >= 0.6 is 11.3 Å². The minimum Gasteiger partial charge on any atom is -0.465 e. The molecular formula is C13H11FN2O4S. The quantitative estimate of drug-likeness (QED) is 0.521. The molecule has 6 nitrogen and oxygen atoms in total. The van der Waals surface area contributed by atoms with Gasteiger partial charge in [0.15, 0.2) is 0 Å². The maximum absolute atomic E-state index is 13.3. The zero-order chi connectivity index (χ0) is 15.4. The molecule has 0 saturated carbocycles. The highest BCUT2D eigenvalue weighted by molar-refractivity contribution is 7.15. The first-order chi connectivity index (χ1) is 10.0. The molecular weight excluding hydrogens is 299 g/mol. The third-order valence-corrected chi connectivity index (χ3v) is 3.70. The molecule has 21 heavy (non-hydrogen) atoms. The average Bonchev–Trinajstić information content (AvgIpc) is 2.93. The first-order valence-electron chi connectivity index (χ1n) is 5.86. The van der Waals surface area contributed by atoms with Crippen molar-refractivity contribution in [2.24, 2.45) is 0 Å². The number of nitro groups is 1. The summed E-state index contributed by atoms with van der Waals surface area (Å²) >= 11 is 1.01. The van der Waals surface area contributed by atoms with E-state index in [0.717, 1.165) is 17.4 Å². The van der Waals surface area contributed by atoms with Crippen molar-refractivity contribution in [2.45, 2.75) is 6.54 Å². The van der Waals surface area contributed by atoms with Crippen LogP contribution in [0.3, 0.4) is 0 Å². The molecule has 0 saturated heterocycles. The molecule has 0 radical (unpaired) electrons. The molecule has 8 heteroatoms. The summed E-state index contributed by atoms with van der Waals surface area (Å²) in [7, 11) is 1.23. The van der Waals surface area contributed by atoms with Crippen LogP contribution in [0.4, 0.5) is 15.1 Å². The van der Waals surface area contributed by atoms with Gasteiger partial charge in [0.05, 0.1) is 23.3 Å². The number of ether oxygens (including phenoxy) is 1. The number of carbonyl (C=O) groups is 1. The second-order valence-electron chi connectivity index (χ2n) is 4.03. The number of carbonyl (C=O) groups excluding carboxylic acids is 1. The molecule has 2 aromatic rings. The molecule has 0 aliphatic heterocycles. The van der Waals surface area contributed by atoms with Crippen LogP contribution in [0.5, 0.6) is 0 Å². The number of esters is 1. The standard InChI is InChI=1S/C13H11FN2O4S/c1-20-13(17)10-4-2-8(14)6-11(10)15-7-9-3-5-12(21-9)16(18)19/h2-6,15H,7H2,1H3. The second kappa shape index (κ2) is 6.31. The number of nitrogens with one attached hydrogen (secondary N) is 1. The Kier molecular flexibility index (Phi) is 4.49. The number of halogens is 1. The molecule has 0 spiro atoms. The first-order valence-corrected chi connectivity index (χ1v) is 6.67. The third-order valence-electron chi connectivity index (χ3n) is 2.67. The van der Waals surface area contributed by atoms with Crippen molar-refractivity contribution < 1.29 is 18.8 Å². The van der Waals surface area contributed by atoms with E-state index in [9.17, 15) is 19.3 Å². The number of hydrogen-bond acceptors (Lipinski definition) is 6. The van der Waals surface area contributed by atoms with E-state index >= 15 is 0 Å². The summed E-state index contributed by atoms with van der Waals surface area (Å²) < 4.78 is 17.9. The third kappa shape index (κ3) is 3.54. The van der Waals surface area contributed by atoms with E-state index < -0.39 is 16.7 Å². The van der Waals surface area contributed by atoms with Crippen molar-refractivity contribution in [1.29, 1.82) is 0 Å². The molecule has 0 fully saturated rings. The highest BCUT2D eigenvalue weighted by Gasteiger charge is 2.14. The topological polar surface area (TPSA) is 81.5 Å². The van der Waals surface area contributed by atoms with Gasteiger partial charge in [0, 0.05) is 17.5 Å². The number of anilines is 1. The predicted molar refractivity (Wildman–Crippen MR) is 76.0 cm³/mol. The monoisotopic (exact) mass is 310 g/mol. The lowest BCUT2D eigenvalue weighted by molar-refractivity contribution is -0.380. The number of nitrogens with zero attached hydrogens (tertiary/aromatic N) is 1. The second-order valence-corrected chi connectivity index (χ2v) is 5.18. The van der Waals surface area contributed by atoms with Gasteiger partial charge >= 0.3 is 11.0 Å². The summed E-state index contributed by atoms with van der Waals surface area (Å²) in [5.74, 6) is -1.09. The molecule has 0 atom stereocenters. The van der Waals surface area contributed by atoms with Crippen LogP contribution in [0, 0.1) is 15.9 Å². The van der Waals surface area contributed by atoms with E-state index in [1.165, 1.54) is 25.3 Å². The maximum atomic E-state index is 13.3. The molecule has 110 valence electrons. The van der Waals surface area contributed by atoms with Crippen LogP contribution in [0.2, 0.25) is 0 Å². The summed E-state index contributed by atoms with van der Waals surface area (Å²) in [5.41, 5.74) is 0.475. The predicted octanol–water partition coefficient (Wildman–Crippen LogP) is 3.19. The van der Waals surface area contributed by atoms with E-state index in [-0.39, 0.29) is 22.8 Å². The van der Waals surface area contributed by atoms with E-state index in [0.29, 0.717) is 4.88 Å². The van der Waals surface area contributed by atoms with Gasteiger partial charge in [-0.2, -0.15) is 0 Å². The Hall–Kier alpha value is -2.48. The van der Waals surface area contributed by atoms with Crippen molar-refractivity contribution in [1.82, 2.24) is 0 Å². The molecule has 1 aromatic carbocycles. The van der Waals surface area contributed by atoms with Crippen molar-refractivity contribution >= 4 is 28.0 Å². The Balaban J connectivity index is 2.16. The van der Waals surface area contributed by atoms with Gasteiger partial charge in [-0.25, -0.2) is 9.18 Å². The Labute approximate surface area is 123 Å². The molecule has 1 aromatic heterocycles. The van der Waals surface area contributed by atoms with E-state index in [1.54, 1.807) is 6.07 Å². The van der Waals surface area contributed by atoms with Crippen LogP contribution in [0.25, 0.3) is 0 Å². The van der Waals surface area contributed by atoms with Gasteiger partial charge in [0.2, 0.25) is 0 Å². The largest absolute Gasteiger partial charge is 0.465 e. The molecule has 0 unspecified atom stereocenters. The highest BCUT2D eigenvalue weighted by Crippen LogP contribution is 2.25. The minimum atomic E-state index is -0.588. The van der Waals surface area contributed by atoms with Gasteiger partial charge in [0.1, 0.15) is 5.82 Å². The molecule has 0 aliphatic carbocycles. The SMILES string of the molecule is COC(=O)c1ccc(F)cc1NCc1ccc([N+](=O)[O-])s1.